The van der Waals surface area contributed by atoms with Gasteiger partial charge < -0.3 is 14.0 Å². The molecule has 0 heterocycles. The molecule has 0 N–H and O–H groups in total. The van der Waals surface area contributed by atoms with E-state index in [1.54, 1.807) is 0 Å². The first-order valence-electron chi connectivity index (χ1n) is 9.49. The lowest BCUT2D eigenvalue weighted by Crippen LogP contribution is -2.37. The minimum Gasteiger partial charge on any atom is -0.383 e. The molecule has 0 saturated heterocycles. The van der Waals surface area contributed by atoms with Gasteiger partial charge in [0.1, 0.15) is 0 Å². The molecule has 0 rings (SSSR count). The van der Waals surface area contributed by atoms with Crippen LogP contribution in [0.4, 0.5) is 0 Å². The van der Waals surface area contributed by atoms with Gasteiger partial charge in [-0.3, -0.25) is 0 Å². The van der Waals surface area contributed by atoms with E-state index in [1.165, 1.54) is 38.5 Å². The molecule has 0 aliphatic rings. The Morgan fingerprint density at radius 2 is 0.864 bits per heavy atom. The standard InChI is InChI=1S/C18H39BO3/c1-7-10-13-16(4)20-19(21-17(5)14-11-8-2)22-18(6)15-12-9-3/h16-18H,7-15H2,1-6H3. The lowest BCUT2D eigenvalue weighted by atomic mass is 10.1. The van der Waals surface area contributed by atoms with Crippen LogP contribution in [0.1, 0.15) is 99.3 Å². The summed E-state index contributed by atoms with van der Waals surface area (Å²) >= 11 is 0. The van der Waals surface area contributed by atoms with Crippen LogP contribution in [0.2, 0.25) is 0 Å². The molecule has 0 aromatic heterocycles. The van der Waals surface area contributed by atoms with Crippen LogP contribution in [0.25, 0.3) is 0 Å². The maximum atomic E-state index is 6.01. The van der Waals surface area contributed by atoms with Crippen molar-refractivity contribution < 1.29 is 14.0 Å². The van der Waals surface area contributed by atoms with Crippen LogP contribution in [0.3, 0.4) is 0 Å². The highest BCUT2D eigenvalue weighted by molar-refractivity contribution is 6.36. The molecule has 0 spiro atoms. The van der Waals surface area contributed by atoms with Crippen molar-refractivity contribution in [2.24, 2.45) is 0 Å². The van der Waals surface area contributed by atoms with Gasteiger partial charge in [0.25, 0.3) is 0 Å². The van der Waals surface area contributed by atoms with Crippen molar-refractivity contribution in [3.8, 4) is 0 Å². The monoisotopic (exact) mass is 314 g/mol. The van der Waals surface area contributed by atoms with Gasteiger partial charge in [-0.1, -0.05) is 59.3 Å². The lowest BCUT2D eigenvalue weighted by molar-refractivity contribution is 0.0136. The molecule has 0 radical (unpaired) electrons. The van der Waals surface area contributed by atoms with E-state index in [2.05, 4.69) is 41.5 Å². The van der Waals surface area contributed by atoms with Crippen LogP contribution in [0.15, 0.2) is 0 Å². The largest absolute Gasteiger partial charge is 0.639 e. The molecule has 22 heavy (non-hydrogen) atoms. The van der Waals surface area contributed by atoms with Gasteiger partial charge in [0.05, 0.1) is 0 Å². The van der Waals surface area contributed by atoms with Crippen LogP contribution in [0, 0.1) is 0 Å². The predicted octanol–water partition coefficient (Wildman–Crippen LogP) is 5.76. The SMILES string of the molecule is CCCCC(C)OB(OC(C)CCCC)OC(C)CCCC. The maximum absolute atomic E-state index is 6.01. The van der Waals surface area contributed by atoms with Gasteiger partial charge >= 0.3 is 7.32 Å². The molecule has 0 aromatic rings. The number of unbranched alkanes of at least 4 members (excludes halogenated alkanes) is 3. The molecule has 0 aromatic carbocycles. The Hall–Kier alpha value is -0.0551. The minimum absolute atomic E-state index is 0.182. The molecule has 0 fully saturated rings. The third-order valence-electron chi connectivity index (χ3n) is 3.92. The van der Waals surface area contributed by atoms with Gasteiger partial charge in [0, 0.05) is 18.3 Å². The van der Waals surface area contributed by atoms with Crippen LogP contribution >= 0.6 is 0 Å². The Bertz CT molecular complexity index is 200. The summed E-state index contributed by atoms with van der Waals surface area (Å²) < 4.78 is 18.0. The van der Waals surface area contributed by atoms with Gasteiger partial charge in [-0.25, -0.2) is 0 Å². The smallest absolute Gasteiger partial charge is 0.383 e. The van der Waals surface area contributed by atoms with E-state index in [-0.39, 0.29) is 18.3 Å². The first-order valence-corrected chi connectivity index (χ1v) is 9.49. The topological polar surface area (TPSA) is 27.7 Å². The van der Waals surface area contributed by atoms with Crippen molar-refractivity contribution in [1.29, 1.82) is 0 Å². The van der Waals surface area contributed by atoms with Crippen LogP contribution in [-0.2, 0) is 14.0 Å². The third-order valence-corrected chi connectivity index (χ3v) is 3.92. The Morgan fingerprint density at radius 1 is 0.591 bits per heavy atom. The summed E-state index contributed by atoms with van der Waals surface area (Å²) in [7, 11) is -0.523. The highest BCUT2D eigenvalue weighted by atomic mass is 16.7. The van der Waals surface area contributed by atoms with E-state index >= 15 is 0 Å². The van der Waals surface area contributed by atoms with Gasteiger partial charge in [-0.2, -0.15) is 0 Å². The molecule has 3 nitrogen and oxygen atoms in total. The first kappa shape index (κ1) is 21.9. The van der Waals surface area contributed by atoms with Crippen molar-refractivity contribution in [3.63, 3.8) is 0 Å². The molecule has 3 atom stereocenters. The second kappa shape index (κ2) is 14.5. The highest BCUT2D eigenvalue weighted by Gasteiger charge is 2.28. The van der Waals surface area contributed by atoms with Gasteiger partial charge in [0.15, 0.2) is 0 Å². The van der Waals surface area contributed by atoms with Crippen molar-refractivity contribution in [2.45, 2.75) is 118 Å². The van der Waals surface area contributed by atoms with Crippen LogP contribution in [0.5, 0.6) is 0 Å². The summed E-state index contributed by atoms with van der Waals surface area (Å²) in [4.78, 5) is 0. The number of hydrogen-bond acceptors (Lipinski definition) is 3. The molecule has 0 aliphatic heterocycles. The molecule has 0 saturated carbocycles. The molecular weight excluding hydrogens is 275 g/mol. The Balaban J connectivity index is 4.34. The Morgan fingerprint density at radius 3 is 1.09 bits per heavy atom. The molecule has 132 valence electrons. The zero-order valence-corrected chi connectivity index (χ0v) is 15.9. The van der Waals surface area contributed by atoms with Crippen LogP contribution in [-0.4, -0.2) is 25.6 Å². The average molecular weight is 314 g/mol. The molecular formula is C18H39BO3. The van der Waals surface area contributed by atoms with E-state index in [4.69, 9.17) is 14.0 Å². The Labute approximate surface area is 139 Å². The molecule has 0 aliphatic carbocycles. The van der Waals surface area contributed by atoms with E-state index in [0.717, 1.165) is 19.3 Å². The zero-order valence-electron chi connectivity index (χ0n) is 15.9. The molecule has 4 heteroatoms. The van der Waals surface area contributed by atoms with Crippen LogP contribution < -0.4 is 0 Å². The van der Waals surface area contributed by atoms with Crippen molar-refractivity contribution in [3.05, 3.63) is 0 Å². The quantitative estimate of drug-likeness (QED) is 0.360. The minimum atomic E-state index is -0.523. The summed E-state index contributed by atoms with van der Waals surface area (Å²) in [6.07, 6.45) is 10.9. The fourth-order valence-electron chi connectivity index (χ4n) is 2.34. The normalized spacial score (nSPS) is 15.5. The highest BCUT2D eigenvalue weighted by Crippen LogP contribution is 2.14. The average Bonchev–Trinajstić information content (AvgIpc) is 2.48. The molecule has 0 bridgehead atoms. The predicted molar refractivity (Wildman–Crippen MR) is 96.0 cm³/mol. The summed E-state index contributed by atoms with van der Waals surface area (Å²) in [5, 5.41) is 0. The Kier molecular flexibility index (Phi) is 14.5. The number of rotatable bonds is 15. The fourth-order valence-corrected chi connectivity index (χ4v) is 2.34. The second-order valence-corrected chi connectivity index (χ2v) is 6.56. The summed E-state index contributed by atoms with van der Waals surface area (Å²) in [5.41, 5.74) is 0. The number of hydrogen-bond donors (Lipinski definition) is 0. The van der Waals surface area contributed by atoms with E-state index < -0.39 is 7.32 Å². The van der Waals surface area contributed by atoms with Gasteiger partial charge in [-0.05, 0) is 40.0 Å². The van der Waals surface area contributed by atoms with Gasteiger partial charge in [-0.15, -0.1) is 0 Å². The van der Waals surface area contributed by atoms with Crippen molar-refractivity contribution in [2.75, 3.05) is 0 Å². The lowest BCUT2D eigenvalue weighted by Gasteiger charge is -2.25. The van der Waals surface area contributed by atoms with Crippen molar-refractivity contribution in [1.82, 2.24) is 0 Å². The molecule has 0 amide bonds. The summed E-state index contributed by atoms with van der Waals surface area (Å²) in [6.45, 7) is 13.0. The van der Waals surface area contributed by atoms with E-state index in [9.17, 15) is 0 Å². The summed E-state index contributed by atoms with van der Waals surface area (Å²) in [6, 6.07) is 0. The van der Waals surface area contributed by atoms with Crippen molar-refractivity contribution >= 4 is 7.32 Å². The zero-order chi connectivity index (χ0) is 16.8. The fraction of sp³-hybridized carbons (Fsp3) is 1.00. The summed E-state index contributed by atoms with van der Waals surface area (Å²) in [5.74, 6) is 0. The van der Waals surface area contributed by atoms with E-state index in [0.29, 0.717) is 0 Å². The molecule has 3 unspecified atom stereocenters. The second-order valence-electron chi connectivity index (χ2n) is 6.56. The maximum Gasteiger partial charge on any atom is 0.639 e. The van der Waals surface area contributed by atoms with E-state index in [1.807, 2.05) is 0 Å². The first-order chi connectivity index (χ1) is 10.5. The van der Waals surface area contributed by atoms with Gasteiger partial charge in [0.2, 0.25) is 0 Å². The third kappa shape index (κ3) is 12.5.